The average Bonchev–Trinajstić information content (AvgIpc) is 3.06. The van der Waals surface area contributed by atoms with Crippen LogP contribution in [0.1, 0.15) is 30.5 Å². The summed E-state index contributed by atoms with van der Waals surface area (Å²) in [6, 6.07) is 16.0. The number of halogens is 1. The molecule has 2 aromatic carbocycles. The number of amides is 2. The van der Waals surface area contributed by atoms with Crippen LogP contribution in [0.3, 0.4) is 0 Å². The van der Waals surface area contributed by atoms with Crippen LogP contribution in [0, 0.1) is 11.7 Å². The van der Waals surface area contributed by atoms with Gasteiger partial charge in [-0.1, -0.05) is 42.5 Å². The fourth-order valence-electron chi connectivity index (χ4n) is 3.51. The van der Waals surface area contributed by atoms with Gasteiger partial charge in [-0.15, -0.1) is 0 Å². The predicted molar refractivity (Wildman–Crippen MR) is 102 cm³/mol. The van der Waals surface area contributed by atoms with Gasteiger partial charge in [0.05, 0.1) is 12.0 Å². The second kappa shape index (κ2) is 8.33. The summed E-state index contributed by atoms with van der Waals surface area (Å²) >= 11 is 0. The molecule has 0 bridgehead atoms. The summed E-state index contributed by atoms with van der Waals surface area (Å²) in [6.45, 7) is 3.00. The van der Waals surface area contributed by atoms with Crippen LogP contribution in [0.15, 0.2) is 54.6 Å². The van der Waals surface area contributed by atoms with Gasteiger partial charge in [0.25, 0.3) is 0 Å². The van der Waals surface area contributed by atoms with Gasteiger partial charge >= 0.3 is 0 Å². The summed E-state index contributed by atoms with van der Waals surface area (Å²) < 4.78 is 13.1. The molecule has 0 spiro atoms. The first-order valence-electron chi connectivity index (χ1n) is 9.29. The van der Waals surface area contributed by atoms with E-state index in [9.17, 15) is 14.0 Å². The monoisotopic (exact) mass is 368 g/mol. The number of carbonyl (C=O) groups excluding carboxylic acids is 2. The van der Waals surface area contributed by atoms with E-state index >= 15 is 0 Å². The molecular weight excluding hydrogens is 343 g/mol. The highest BCUT2D eigenvalue weighted by atomic mass is 19.1. The molecule has 1 aliphatic heterocycles. The van der Waals surface area contributed by atoms with Crippen LogP contribution in [0.2, 0.25) is 0 Å². The number of carbonyl (C=O) groups is 2. The van der Waals surface area contributed by atoms with Gasteiger partial charge in [0, 0.05) is 26.6 Å². The van der Waals surface area contributed by atoms with E-state index in [4.69, 9.17) is 0 Å². The number of benzene rings is 2. The van der Waals surface area contributed by atoms with Crippen LogP contribution >= 0.6 is 0 Å². The maximum absolute atomic E-state index is 13.1. The highest BCUT2D eigenvalue weighted by molar-refractivity contribution is 5.89. The van der Waals surface area contributed by atoms with Crippen LogP contribution < -0.4 is 0 Å². The molecule has 0 saturated carbocycles. The molecule has 1 fully saturated rings. The second-order valence-electron chi connectivity index (χ2n) is 7.15. The van der Waals surface area contributed by atoms with E-state index in [2.05, 4.69) is 0 Å². The second-order valence-corrected chi connectivity index (χ2v) is 7.15. The van der Waals surface area contributed by atoms with Crippen molar-refractivity contribution in [2.75, 3.05) is 20.1 Å². The third kappa shape index (κ3) is 4.54. The standard InChI is InChI=1S/C22H25FN2O2/c1-16(18-8-10-20(23)11-9-18)24(2)22(27)19-14-21(26)25(15-19)13-12-17-6-4-3-5-7-17/h3-11,16,19H,12-15H2,1-2H3. The van der Waals surface area contributed by atoms with Crippen molar-refractivity contribution in [3.05, 3.63) is 71.5 Å². The van der Waals surface area contributed by atoms with Crippen LogP contribution in [-0.4, -0.2) is 41.8 Å². The third-order valence-electron chi connectivity index (χ3n) is 5.36. The Kier molecular flexibility index (Phi) is 5.89. The summed E-state index contributed by atoms with van der Waals surface area (Å²) in [5.41, 5.74) is 2.06. The molecule has 5 heteroatoms. The van der Waals surface area contributed by atoms with Gasteiger partial charge in [0.2, 0.25) is 11.8 Å². The lowest BCUT2D eigenvalue weighted by Gasteiger charge is -2.28. The first-order chi connectivity index (χ1) is 13.0. The summed E-state index contributed by atoms with van der Waals surface area (Å²) in [5, 5.41) is 0. The predicted octanol–water partition coefficient (Wildman–Crippen LogP) is 3.44. The summed E-state index contributed by atoms with van der Waals surface area (Å²) in [4.78, 5) is 28.6. The molecule has 1 heterocycles. The van der Waals surface area contributed by atoms with Gasteiger partial charge in [-0.2, -0.15) is 0 Å². The topological polar surface area (TPSA) is 40.6 Å². The minimum absolute atomic E-state index is 0.0344. The molecule has 142 valence electrons. The van der Waals surface area contributed by atoms with E-state index < -0.39 is 0 Å². The first-order valence-corrected chi connectivity index (χ1v) is 9.29. The fourth-order valence-corrected chi connectivity index (χ4v) is 3.51. The lowest BCUT2D eigenvalue weighted by Crippen LogP contribution is -2.36. The van der Waals surface area contributed by atoms with Gasteiger partial charge in [-0.05, 0) is 36.6 Å². The SMILES string of the molecule is CC(c1ccc(F)cc1)N(C)C(=O)C1CC(=O)N(CCc2ccccc2)C1. The van der Waals surface area contributed by atoms with E-state index in [-0.39, 0.29) is 36.0 Å². The molecule has 0 aliphatic carbocycles. The maximum atomic E-state index is 13.1. The summed E-state index contributed by atoms with van der Waals surface area (Å²) in [5.74, 6) is -0.619. The zero-order valence-electron chi connectivity index (χ0n) is 15.8. The van der Waals surface area contributed by atoms with Crippen molar-refractivity contribution >= 4 is 11.8 Å². The number of nitrogens with zero attached hydrogens (tertiary/aromatic N) is 2. The van der Waals surface area contributed by atoms with Gasteiger partial charge in [0.15, 0.2) is 0 Å². The molecule has 0 radical (unpaired) electrons. The van der Waals surface area contributed by atoms with Crippen LogP contribution in [0.5, 0.6) is 0 Å². The Hall–Kier alpha value is -2.69. The summed E-state index contributed by atoms with van der Waals surface area (Å²) in [7, 11) is 1.74. The van der Waals surface area contributed by atoms with Crippen LogP contribution in [0.4, 0.5) is 4.39 Å². The van der Waals surface area contributed by atoms with Crippen molar-refractivity contribution in [2.45, 2.75) is 25.8 Å². The number of hydrogen-bond acceptors (Lipinski definition) is 2. The number of likely N-dealkylation sites (tertiary alicyclic amines) is 1. The fraction of sp³-hybridized carbons (Fsp3) is 0.364. The minimum atomic E-state index is -0.318. The molecule has 4 nitrogen and oxygen atoms in total. The molecule has 2 amide bonds. The van der Waals surface area contributed by atoms with Gasteiger partial charge in [-0.25, -0.2) is 4.39 Å². The van der Waals surface area contributed by atoms with E-state index in [1.54, 1.807) is 29.0 Å². The summed E-state index contributed by atoms with van der Waals surface area (Å²) in [6.07, 6.45) is 1.05. The molecule has 0 aromatic heterocycles. The van der Waals surface area contributed by atoms with Gasteiger partial charge in [-0.3, -0.25) is 9.59 Å². The van der Waals surface area contributed by atoms with E-state index in [0.29, 0.717) is 13.1 Å². The van der Waals surface area contributed by atoms with E-state index in [1.165, 1.54) is 17.7 Å². The van der Waals surface area contributed by atoms with Crippen LogP contribution in [-0.2, 0) is 16.0 Å². The lowest BCUT2D eigenvalue weighted by atomic mass is 10.0. The molecule has 0 N–H and O–H groups in total. The molecule has 1 saturated heterocycles. The first kappa shape index (κ1) is 19.1. The molecular formula is C22H25FN2O2. The number of rotatable bonds is 6. The van der Waals surface area contributed by atoms with Gasteiger partial charge in [0.1, 0.15) is 5.82 Å². The molecule has 3 rings (SSSR count). The smallest absolute Gasteiger partial charge is 0.228 e. The van der Waals surface area contributed by atoms with Crippen molar-refractivity contribution in [2.24, 2.45) is 5.92 Å². The molecule has 2 aromatic rings. The zero-order chi connectivity index (χ0) is 19.4. The zero-order valence-corrected chi connectivity index (χ0v) is 15.8. The Labute approximate surface area is 159 Å². The Morgan fingerprint density at radius 2 is 1.85 bits per heavy atom. The molecule has 27 heavy (non-hydrogen) atoms. The highest BCUT2D eigenvalue weighted by Crippen LogP contribution is 2.25. The van der Waals surface area contributed by atoms with E-state index in [1.807, 2.05) is 37.3 Å². The Morgan fingerprint density at radius 1 is 1.19 bits per heavy atom. The lowest BCUT2D eigenvalue weighted by molar-refractivity contribution is -0.136. The molecule has 2 unspecified atom stereocenters. The van der Waals surface area contributed by atoms with Crippen molar-refractivity contribution in [1.82, 2.24) is 9.80 Å². The largest absolute Gasteiger partial charge is 0.342 e. The maximum Gasteiger partial charge on any atom is 0.228 e. The van der Waals surface area contributed by atoms with Crippen molar-refractivity contribution in [3.63, 3.8) is 0 Å². The Bertz CT molecular complexity index is 792. The minimum Gasteiger partial charge on any atom is -0.342 e. The van der Waals surface area contributed by atoms with E-state index in [0.717, 1.165) is 12.0 Å². The molecule has 2 atom stereocenters. The Morgan fingerprint density at radius 3 is 2.52 bits per heavy atom. The Balaban J connectivity index is 1.58. The highest BCUT2D eigenvalue weighted by Gasteiger charge is 2.36. The van der Waals surface area contributed by atoms with Crippen molar-refractivity contribution in [3.8, 4) is 0 Å². The quantitative estimate of drug-likeness (QED) is 0.784. The normalized spacial score (nSPS) is 17.8. The third-order valence-corrected chi connectivity index (χ3v) is 5.36. The van der Waals surface area contributed by atoms with Crippen molar-refractivity contribution in [1.29, 1.82) is 0 Å². The molecule has 1 aliphatic rings. The van der Waals surface area contributed by atoms with Crippen LogP contribution in [0.25, 0.3) is 0 Å². The van der Waals surface area contributed by atoms with Gasteiger partial charge < -0.3 is 9.80 Å². The number of hydrogen-bond donors (Lipinski definition) is 0. The van der Waals surface area contributed by atoms with Crippen molar-refractivity contribution < 1.29 is 14.0 Å². The average molecular weight is 368 g/mol.